The zero-order valence-corrected chi connectivity index (χ0v) is 17.3. The van der Waals surface area contributed by atoms with Gasteiger partial charge < -0.3 is 9.64 Å². The first-order chi connectivity index (χ1) is 13.9. The van der Waals surface area contributed by atoms with Gasteiger partial charge in [-0.05, 0) is 30.5 Å². The number of carbonyl (C=O) groups is 2. The molecule has 4 rings (SSSR count). The van der Waals surface area contributed by atoms with Gasteiger partial charge >= 0.3 is 5.97 Å². The van der Waals surface area contributed by atoms with E-state index in [9.17, 15) is 14.4 Å². The number of thiophene rings is 1. The van der Waals surface area contributed by atoms with Gasteiger partial charge in [-0.15, -0.1) is 11.3 Å². The topological polar surface area (TPSA) is 81.5 Å². The van der Waals surface area contributed by atoms with Gasteiger partial charge in [-0.25, -0.2) is 9.78 Å². The predicted molar refractivity (Wildman–Crippen MR) is 110 cm³/mol. The Morgan fingerprint density at radius 1 is 1.24 bits per heavy atom. The number of nitrogens with zero attached hydrogens (tertiary/aromatic N) is 3. The van der Waals surface area contributed by atoms with Crippen LogP contribution < -0.4 is 5.56 Å². The maximum absolute atomic E-state index is 13.1. The Hall–Kier alpha value is -3.00. The molecule has 0 spiro atoms. The Labute approximate surface area is 171 Å². The average Bonchev–Trinajstić information content (AvgIpc) is 3.02. The van der Waals surface area contributed by atoms with Crippen LogP contribution in [0.4, 0.5) is 0 Å². The molecule has 3 heterocycles. The Kier molecular flexibility index (Phi) is 4.96. The lowest BCUT2D eigenvalue weighted by atomic mass is 9.94. The van der Waals surface area contributed by atoms with Crippen LogP contribution in [0.25, 0.3) is 10.2 Å². The number of aromatic nitrogens is 2. The van der Waals surface area contributed by atoms with Crippen molar-refractivity contribution in [2.45, 2.75) is 39.4 Å². The quantitative estimate of drug-likeness (QED) is 0.617. The van der Waals surface area contributed by atoms with E-state index in [0.29, 0.717) is 23.2 Å². The van der Waals surface area contributed by atoms with Crippen molar-refractivity contribution >= 4 is 33.4 Å². The first-order valence-corrected chi connectivity index (χ1v) is 10.1. The molecule has 0 radical (unpaired) electrons. The van der Waals surface area contributed by atoms with Crippen LogP contribution in [-0.4, -0.2) is 39.5 Å². The number of hydrogen-bond acceptors (Lipinski definition) is 6. The average molecular weight is 411 g/mol. The molecule has 0 aliphatic carbocycles. The molecule has 7 nitrogen and oxygen atoms in total. The number of amides is 1. The number of aryl methyl sites for hydroxylation is 2. The second-order valence-electron chi connectivity index (χ2n) is 7.17. The third kappa shape index (κ3) is 3.33. The minimum absolute atomic E-state index is 0.175. The molecule has 1 aliphatic rings. The van der Waals surface area contributed by atoms with Gasteiger partial charge in [0, 0.05) is 17.8 Å². The van der Waals surface area contributed by atoms with Crippen molar-refractivity contribution in [3.8, 4) is 0 Å². The summed E-state index contributed by atoms with van der Waals surface area (Å²) in [5.41, 5.74) is 2.67. The predicted octanol–water partition coefficient (Wildman–Crippen LogP) is 2.20. The smallest absolute Gasteiger partial charge is 0.328 e. The molecule has 8 heteroatoms. The fourth-order valence-corrected chi connectivity index (χ4v) is 4.74. The Bertz CT molecular complexity index is 1180. The van der Waals surface area contributed by atoms with Crippen LogP contribution in [0.3, 0.4) is 0 Å². The van der Waals surface area contributed by atoms with Crippen LogP contribution in [0.2, 0.25) is 0 Å². The summed E-state index contributed by atoms with van der Waals surface area (Å²) in [5.74, 6) is -0.777. The summed E-state index contributed by atoms with van der Waals surface area (Å²) < 4.78 is 6.24. The van der Waals surface area contributed by atoms with E-state index in [0.717, 1.165) is 21.6 Å². The molecule has 2 aromatic heterocycles. The lowest BCUT2D eigenvalue weighted by Crippen LogP contribution is -2.50. The third-order valence-corrected chi connectivity index (χ3v) is 6.62. The highest BCUT2D eigenvalue weighted by Gasteiger charge is 2.35. The van der Waals surface area contributed by atoms with Crippen molar-refractivity contribution in [1.82, 2.24) is 14.5 Å². The van der Waals surface area contributed by atoms with E-state index in [-0.39, 0.29) is 18.0 Å². The Balaban J connectivity index is 1.67. The second kappa shape index (κ2) is 7.44. The van der Waals surface area contributed by atoms with E-state index < -0.39 is 12.0 Å². The molecule has 0 N–H and O–H groups in total. The fraction of sp³-hybridized carbons (Fsp3) is 0.333. The Morgan fingerprint density at radius 2 is 1.97 bits per heavy atom. The summed E-state index contributed by atoms with van der Waals surface area (Å²) in [7, 11) is 1.32. The number of fused-ring (bicyclic) bond motifs is 2. The van der Waals surface area contributed by atoms with Gasteiger partial charge in [0.25, 0.3) is 5.56 Å². The molecule has 0 bridgehead atoms. The number of rotatable bonds is 3. The van der Waals surface area contributed by atoms with Gasteiger partial charge in [0.15, 0.2) is 0 Å². The van der Waals surface area contributed by atoms with Crippen LogP contribution in [0, 0.1) is 13.8 Å². The van der Waals surface area contributed by atoms with Gasteiger partial charge in [-0.2, -0.15) is 0 Å². The summed E-state index contributed by atoms with van der Waals surface area (Å²) in [4.78, 5) is 45.9. The second-order valence-corrected chi connectivity index (χ2v) is 8.38. The van der Waals surface area contributed by atoms with Crippen LogP contribution >= 0.6 is 11.3 Å². The molecule has 29 heavy (non-hydrogen) atoms. The zero-order chi connectivity index (χ0) is 20.7. The summed E-state index contributed by atoms with van der Waals surface area (Å²) in [6.45, 7) is 3.96. The number of methoxy groups -OCH3 is 1. The van der Waals surface area contributed by atoms with Crippen LogP contribution in [0.5, 0.6) is 0 Å². The minimum Gasteiger partial charge on any atom is -0.467 e. The number of ether oxygens (including phenoxy) is 1. The summed E-state index contributed by atoms with van der Waals surface area (Å²) in [6.07, 6.45) is 1.80. The van der Waals surface area contributed by atoms with E-state index in [1.54, 1.807) is 0 Å². The summed E-state index contributed by atoms with van der Waals surface area (Å²) in [6, 6.07) is 7.01. The molecule has 3 aromatic rings. The molecule has 1 atom stereocenters. The van der Waals surface area contributed by atoms with Gasteiger partial charge in [-0.1, -0.05) is 24.3 Å². The van der Waals surface area contributed by atoms with Crippen LogP contribution in [0.15, 0.2) is 35.4 Å². The molecule has 1 amide bonds. The highest BCUT2D eigenvalue weighted by atomic mass is 32.1. The van der Waals surface area contributed by atoms with Crippen molar-refractivity contribution in [3.05, 3.63) is 62.5 Å². The number of hydrogen-bond donors (Lipinski definition) is 0. The van der Waals surface area contributed by atoms with Crippen LogP contribution in [-0.2, 0) is 33.8 Å². The van der Waals surface area contributed by atoms with Crippen molar-refractivity contribution < 1.29 is 14.3 Å². The van der Waals surface area contributed by atoms with E-state index in [2.05, 4.69) is 4.98 Å². The first-order valence-electron chi connectivity index (χ1n) is 9.30. The van der Waals surface area contributed by atoms with Crippen molar-refractivity contribution in [3.63, 3.8) is 0 Å². The monoisotopic (exact) mass is 411 g/mol. The van der Waals surface area contributed by atoms with Gasteiger partial charge in [0.05, 0.1) is 18.8 Å². The molecule has 1 aromatic carbocycles. The molecule has 0 unspecified atom stereocenters. The van der Waals surface area contributed by atoms with E-state index in [1.165, 1.54) is 34.2 Å². The first kappa shape index (κ1) is 19.3. The van der Waals surface area contributed by atoms with Crippen molar-refractivity contribution in [2.24, 2.45) is 0 Å². The minimum atomic E-state index is -0.708. The maximum atomic E-state index is 13.1. The highest BCUT2D eigenvalue weighted by molar-refractivity contribution is 7.18. The zero-order valence-electron chi connectivity index (χ0n) is 16.5. The molecular formula is C21H21N3O4S. The maximum Gasteiger partial charge on any atom is 0.328 e. The molecule has 1 aliphatic heterocycles. The van der Waals surface area contributed by atoms with Crippen LogP contribution in [0.1, 0.15) is 21.6 Å². The number of carbonyl (C=O) groups excluding carboxylic acids is 2. The number of esters is 1. The van der Waals surface area contributed by atoms with Gasteiger partial charge in [0.1, 0.15) is 17.4 Å². The SMILES string of the molecule is COC(=O)[C@@H]1Cc2ccccc2CN1C(=O)Cn1cnc2sc(C)c(C)c2c1=O. The summed E-state index contributed by atoms with van der Waals surface area (Å²) in [5, 5.41) is 0.552. The molecule has 0 saturated heterocycles. The standard InChI is InChI=1S/C21H21N3O4S/c1-12-13(2)29-19-18(12)20(26)23(11-22-19)10-17(25)24-9-15-7-5-4-6-14(15)8-16(24)21(27)28-3/h4-7,11,16H,8-10H2,1-3H3/t16-/m0/s1. The summed E-state index contributed by atoms with van der Waals surface area (Å²) >= 11 is 1.47. The fourth-order valence-electron chi connectivity index (χ4n) is 3.75. The van der Waals surface area contributed by atoms with E-state index in [4.69, 9.17) is 4.74 Å². The lowest BCUT2D eigenvalue weighted by molar-refractivity contribution is -0.154. The largest absolute Gasteiger partial charge is 0.467 e. The van der Waals surface area contributed by atoms with Crippen molar-refractivity contribution in [2.75, 3.05) is 7.11 Å². The number of benzene rings is 1. The van der Waals surface area contributed by atoms with E-state index >= 15 is 0 Å². The molecular weight excluding hydrogens is 390 g/mol. The third-order valence-electron chi connectivity index (χ3n) is 5.50. The van der Waals surface area contributed by atoms with Gasteiger partial charge in [-0.3, -0.25) is 14.2 Å². The van der Waals surface area contributed by atoms with Crippen molar-refractivity contribution in [1.29, 1.82) is 0 Å². The Morgan fingerprint density at radius 3 is 2.69 bits per heavy atom. The van der Waals surface area contributed by atoms with Gasteiger partial charge in [0.2, 0.25) is 5.91 Å². The molecule has 150 valence electrons. The molecule has 0 fully saturated rings. The lowest BCUT2D eigenvalue weighted by Gasteiger charge is -2.35. The normalized spacial score (nSPS) is 16.0. The highest BCUT2D eigenvalue weighted by Crippen LogP contribution is 2.26. The molecule has 0 saturated carbocycles. The van der Waals surface area contributed by atoms with E-state index in [1.807, 2.05) is 38.1 Å².